The zero-order valence-corrected chi connectivity index (χ0v) is 14.8. The molecule has 4 N–H and O–H groups in total. The van der Waals surface area contributed by atoms with Crippen LogP contribution >= 0.6 is 0 Å². The van der Waals surface area contributed by atoms with E-state index < -0.39 is 0 Å². The molecule has 1 aliphatic rings. The SMILES string of the molecule is CC(C)COc1cccc(O)c1-c1cc(C2CCCNC2)nc(N)n1. The van der Waals surface area contributed by atoms with Crippen LogP contribution in [0.25, 0.3) is 11.3 Å². The number of rotatable bonds is 5. The number of ether oxygens (including phenoxy) is 1. The number of nitrogens with two attached hydrogens (primary N) is 1. The number of phenolic OH excluding ortho intramolecular Hbond substituents is 1. The lowest BCUT2D eigenvalue weighted by Gasteiger charge is -2.23. The van der Waals surface area contributed by atoms with E-state index in [1.807, 2.05) is 12.1 Å². The summed E-state index contributed by atoms with van der Waals surface area (Å²) in [7, 11) is 0. The number of hydrogen-bond donors (Lipinski definition) is 3. The van der Waals surface area contributed by atoms with Crippen molar-refractivity contribution < 1.29 is 9.84 Å². The zero-order valence-electron chi connectivity index (χ0n) is 14.8. The molecule has 2 aromatic rings. The quantitative estimate of drug-likeness (QED) is 0.773. The van der Waals surface area contributed by atoms with Crippen molar-refractivity contribution in [1.82, 2.24) is 15.3 Å². The molecule has 0 bridgehead atoms. The summed E-state index contributed by atoms with van der Waals surface area (Å²) in [5.41, 5.74) is 8.04. The van der Waals surface area contributed by atoms with Crippen LogP contribution in [0.2, 0.25) is 0 Å². The van der Waals surface area contributed by atoms with E-state index in [1.54, 1.807) is 12.1 Å². The van der Waals surface area contributed by atoms with Crippen LogP contribution in [0.15, 0.2) is 24.3 Å². The van der Waals surface area contributed by atoms with Gasteiger partial charge in [-0.3, -0.25) is 0 Å². The molecule has 2 heterocycles. The Morgan fingerprint density at radius 2 is 2.20 bits per heavy atom. The molecule has 1 fully saturated rings. The van der Waals surface area contributed by atoms with E-state index in [1.165, 1.54) is 0 Å². The minimum absolute atomic E-state index is 0.132. The van der Waals surface area contributed by atoms with Gasteiger partial charge < -0.3 is 20.9 Å². The van der Waals surface area contributed by atoms with Crippen molar-refractivity contribution in [1.29, 1.82) is 0 Å². The Balaban J connectivity index is 1.99. The van der Waals surface area contributed by atoms with Crippen LogP contribution in [0, 0.1) is 5.92 Å². The van der Waals surface area contributed by atoms with Crippen LogP contribution in [0.1, 0.15) is 38.3 Å². The maximum absolute atomic E-state index is 10.4. The fourth-order valence-corrected chi connectivity index (χ4v) is 3.08. The first kappa shape index (κ1) is 17.5. The van der Waals surface area contributed by atoms with Crippen molar-refractivity contribution in [2.75, 3.05) is 25.4 Å². The zero-order chi connectivity index (χ0) is 17.8. The van der Waals surface area contributed by atoms with Crippen LogP contribution in [-0.2, 0) is 0 Å². The topological polar surface area (TPSA) is 93.3 Å². The Labute approximate surface area is 148 Å². The van der Waals surface area contributed by atoms with Crippen LogP contribution < -0.4 is 15.8 Å². The van der Waals surface area contributed by atoms with E-state index in [4.69, 9.17) is 10.5 Å². The maximum atomic E-state index is 10.4. The largest absolute Gasteiger partial charge is 0.507 e. The summed E-state index contributed by atoms with van der Waals surface area (Å²) in [6.45, 7) is 6.65. The van der Waals surface area contributed by atoms with Crippen molar-refractivity contribution in [2.24, 2.45) is 5.92 Å². The molecular weight excluding hydrogens is 316 g/mol. The third-order valence-corrected chi connectivity index (χ3v) is 4.31. The Kier molecular flexibility index (Phi) is 5.38. The molecule has 1 aromatic heterocycles. The van der Waals surface area contributed by atoms with Crippen molar-refractivity contribution in [3.05, 3.63) is 30.0 Å². The Morgan fingerprint density at radius 3 is 2.92 bits per heavy atom. The molecule has 25 heavy (non-hydrogen) atoms. The summed E-state index contributed by atoms with van der Waals surface area (Å²) in [5.74, 6) is 1.65. The highest BCUT2D eigenvalue weighted by atomic mass is 16.5. The molecule has 1 aromatic carbocycles. The lowest BCUT2D eigenvalue weighted by atomic mass is 9.94. The average Bonchev–Trinajstić information content (AvgIpc) is 2.60. The van der Waals surface area contributed by atoms with Crippen LogP contribution in [0.3, 0.4) is 0 Å². The number of nitrogens with one attached hydrogen (secondary N) is 1. The predicted octanol–water partition coefficient (Wildman–Crippen LogP) is 2.93. The third-order valence-electron chi connectivity index (χ3n) is 4.31. The number of benzene rings is 1. The van der Waals surface area contributed by atoms with Gasteiger partial charge >= 0.3 is 0 Å². The van der Waals surface area contributed by atoms with Gasteiger partial charge in [0.15, 0.2) is 0 Å². The molecule has 134 valence electrons. The Bertz CT molecular complexity index is 727. The molecule has 0 spiro atoms. The highest BCUT2D eigenvalue weighted by Gasteiger charge is 2.21. The van der Waals surface area contributed by atoms with Gasteiger partial charge in [-0.2, -0.15) is 0 Å². The number of piperidine rings is 1. The number of anilines is 1. The summed E-state index contributed by atoms with van der Waals surface area (Å²) in [6, 6.07) is 7.17. The standard InChI is InChI=1S/C19H26N4O2/c1-12(2)11-25-17-7-3-6-16(24)18(17)15-9-14(22-19(20)23-15)13-5-4-8-21-10-13/h3,6-7,9,12-13,21,24H,4-5,8,10-11H2,1-2H3,(H2,20,22,23). The number of aromatic hydroxyl groups is 1. The maximum Gasteiger partial charge on any atom is 0.220 e. The van der Waals surface area contributed by atoms with Crippen LogP contribution in [-0.4, -0.2) is 34.8 Å². The second kappa shape index (κ2) is 7.70. The van der Waals surface area contributed by atoms with Crippen molar-refractivity contribution >= 4 is 5.95 Å². The minimum atomic E-state index is 0.132. The van der Waals surface area contributed by atoms with E-state index >= 15 is 0 Å². The highest BCUT2D eigenvalue weighted by Crippen LogP contribution is 2.38. The molecule has 3 rings (SSSR count). The van der Waals surface area contributed by atoms with Gasteiger partial charge in [0.05, 0.1) is 23.6 Å². The summed E-state index contributed by atoms with van der Waals surface area (Å²) in [4.78, 5) is 8.77. The molecule has 1 aliphatic heterocycles. The Hall–Kier alpha value is -2.34. The van der Waals surface area contributed by atoms with Crippen molar-refractivity contribution in [3.8, 4) is 22.8 Å². The number of nitrogen functional groups attached to an aromatic ring is 1. The van der Waals surface area contributed by atoms with Gasteiger partial charge in [-0.15, -0.1) is 0 Å². The van der Waals surface area contributed by atoms with Gasteiger partial charge in [0.25, 0.3) is 0 Å². The van der Waals surface area contributed by atoms with Gasteiger partial charge in [-0.05, 0) is 43.5 Å². The first-order valence-corrected chi connectivity index (χ1v) is 8.85. The van der Waals surface area contributed by atoms with Crippen LogP contribution in [0.5, 0.6) is 11.5 Å². The van der Waals surface area contributed by atoms with Gasteiger partial charge in [-0.1, -0.05) is 19.9 Å². The van der Waals surface area contributed by atoms with Crippen molar-refractivity contribution in [3.63, 3.8) is 0 Å². The highest BCUT2D eigenvalue weighted by molar-refractivity contribution is 5.74. The molecule has 6 nitrogen and oxygen atoms in total. The van der Waals surface area contributed by atoms with Crippen molar-refractivity contribution in [2.45, 2.75) is 32.6 Å². The molecule has 0 aliphatic carbocycles. The molecule has 1 atom stereocenters. The lowest BCUT2D eigenvalue weighted by molar-refractivity contribution is 0.271. The Morgan fingerprint density at radius 1 is 1.36 bits per heavy atom. The number of hydrogen-bond acceptors (Lipinski definition) is 6. The number of phenols is 1. The monoisotopic (exact) mass is 342 g/mol. The van der Waals surface area contributed by atoms with E-state index in [2.05, 4.69) is 29.1 Å². The summed E-state index contributed by atoms with van der Waals surface area (Å²) >= 11 is 0. The molecular formula is C19H26N4O2. The molecule has 1 unspecified atom stereocenters. The van der Waals surface area contributed by atoms with Gasteiger partial charge in [0.1, 0.15) is 11.5 Å². The van der Waals surface area contributed by atoms with Crippen LogP contribution in [0.4, 0.5) is 5.95 Å². The first-order valence-electron chi connectivity index (χ1n) is 8.85. The molecule has 1 saturated heterocycles. The lowest BCUT2D eigenvalue weighted by Crippen LogP contribution is -2.29. The van der Waals surface area contributed by atoms with Gasteiger partial charge in [0, 0.05) is 12.5 Å². The second-order valence-corrected chi connectivity index (χ2v) is 6.93. The van der Waals surface area contributed by atoms with Gasteiger partial charge in [0.2, 0.25) is 5.95 Å². The normalized spacial score (nSPS) is 17.6. The second-order valence-electron chi connectivity index (χ2n) is 6.93. The molecule has 0 saturated carbocycles. The first-order chi connectivity index (χ1) is 12.0. The fraction of sp³-hybridized carbons (Fsp3) is 0.474. The molecule has 6 heteroatoms. The average molecular weight is 342 g/mol. The smallest absolute Gasteiger partial charge is 0.220 e. The predicted molar refractivity (Wildman–Crippen MR) is 98.7 cm³/mol. The molecule has 0 radical (unpaired) electrons. The summed E-state index contributed by atoms with van der Waals surface area (Å²) in [6.07, 6.45) is 2.18. The van der Waals surface area contributed by atoms with E-state index in [0.29, 0.717) is 35.4 Å². The van der Waals surface area contributed by atoms with Gasteiger partial charge in [-0.25, -0.2) is 9.97 Å². The molecule has 0 amide bonds. The van der Waals surface area contributed by atoms with E-state index in [-0.39, 0.29) is 11.7 Å². The summed E-state index contributed by atoms with van der Waals surface area (Å²) < 4.78 is 5.89. The third kappa shape index (κ3) is 4.20. The van der Waals surface area contributed by atoms with E-state index in [9.17, 15) is 5.11 Å². The summed E-state index contributed by atoms with van der Waals surface area (Å²) in [5, 5.41) is 13.8. The minimum Gasteiger partial charge on any atom is -0.507 e. The van der Waals surface area contributed by atoms with E-state index in [0.717, 1.165) is 31.6 Å². The number of nitrogens with zero attached hydrogens (tertiary/aromatic N) is 2. The fourth-order valence-electron chi connectivity index (χ4n) is 3.08. The number of aromatic nitrogens is 2.